The van der Waals surface area contributed by atoms with Gasteiger partial charge >= 0.3 is 0 Å². The van der Waals surface area contributed by atoms with E-state index in [4.69, 9.17) is 0 Å². The van der Waals surface area contributed by atoms with Crippen molar-refractivity contribution in [2.75, 3.05) is 5.32 Å². The number of amides is 1. The summed E-state index contributed by atoms with van der Waals surface area (Å²) in [5, 5.41) is 5.17. The minimum Gasteiger partial charge on any atom is -0.325 e. The molecule has 0 aromatic heterocycles. The summed E-state index contributed by atoms with van der Waals surface area (Å²) in [6.45, 7) is 6.33. The summed E-state index contributed by atoms with van der Waals surface area (Å²) in [7, 11) is 0. The summed E-state index contributed by atoms with van der Waals surface area (Å²) in [5.41, 5.74) is 4.20. The molecule has 2 N–H and O–H groups in total. The lowest BCUT2D eigenvalue weighted by Gasteiger charge is -2.40. The van der Waals surface area contributed by atoms with Crippen LogP contribution in [0.25, 0.3) is 0 Å². The zero-order valence-electron chi connectivity index (χ0n) is 12.6. The SMILES string of the molecule is CC(NN1C(C)CCCC1C)C(=O)Nc1ccccc1. The van der Waals surface area contributed by atoms with Crippen molar-refractivity contribution in [3.05, 3.63) is 30.3 Å². The molecule has 1 aromatic carbocycles. The molecule has 4 heteroatoms. The number of piperidine rings is 1. The summed E-state index contributed by atoms with van der Waals surface area (Å²) in [6, 6.07) is 10.3. The van der Waals surface area contributed by atoms with E-state index >= 15 is 0 Å². The van der Waals surface area contributed by atoms with Gasteiger partial charge in [0.15, 0.2) is 0 Å². The Morgan fingerprint density at radius 1 is 1.20 bits per heavy atom. The van der Waals surface area contributed by atoms with Gasteiger partial charge in [-0.15, -0.1) is 0 Å². The molecule has 2 rings (SSSR count). The molecular weight excluding hydrogens is 250 g/mol. The first-order valence-electron chi connectivity index (χ1n) is 7.48. The molecule has 1 aromatic rings. The molecule has 1 aliphatic heterocycles. The quantitative estimate of drug-likeness (QED) is 0.888. The van der Waals surface area contributed by atoms with Crippen molar-refractivity contribution in [3.8, 4) is 0 Å². The molecule has 0 saturated carbocycles. The Kier molecular flexibility index (Phi) is 5.15. The van der Waals surface area contributed by atoms with Crippen molar-refractivity contribution in [2.45, 2.75) is 58.2 Å². The molecule has 4 nitrogen and oxygen atoms in total. The van der Waals surface area contributed by atoms with E-state index in [0.29, 0.717) is 12.1 Å². The number of hydrogen-bond donors (Lipinski definition) is 2. The van der Waals surface area contributed by atoms with Gasteiger partial charge in [-0.05, 0) is 45.7 Å². The Morgan fingerprint density at radius 3 is 2.40 bits per heavy atom. The molecule has 1 amide bonds. The standard InChI is InChI=1S/C16H25N3O/c1-12-8-7-9-13(2)19(12)18-14(3)16(20)17-15-10-5-4-6-11-15/h4-6,10-14,18H,7-9H2,1-3H3,(H,17,20). The highest BCUT2D eigenvalue weighted by molar-refractivity contribution is 5.94. The summed E-state index contributed by atoms with van der Waals surface area (Å²) < 4.78 is 0. The van der Waals surface area contributed by atoms with Crippen LogP contribution in [0, 0.1) is 0 Å². The second-order valence-electron chi connectivity index (χ2n) is 5.74. The first-order chi connectivity index (χ1) is 9.58. The monoisotopic (exact) mass is 275 g/mol. The predicted octanol–water partition coefficient (Wildman–Crippen LogP) is 2.78. The van der Waals surface area contributed by atoms with E-state index in [1.807, 2.05) is 37.3 Å². The van der Waals surface area contributed by atoms with Crippen LogP contribution >= 0.6 is 0 Å². The van der Waals surface area contributed by atoms with Crippen molar-refractivity contribution < 1.29 is 4.79 Å². The van der Waals surface area contributed by atoms with Crippen molar-refractivity contribution in [3.63, 3.8) is 0 Å². The van der Waals surface area contributed by atoms with Gasteiger partial charge in [0.1, 0.15) is 0 Å². The molecule has 1 fully saturated rings. The van der Waals surface area contributed by atoms with Crippen LogP contribution in [0.2, 0.25) is 0 Å². The first kappa shape index (κ1) is 15.0. The van der Waals surface area contributed by atoms with E-state index in [9.17, 15) is 4.79 Å². The largest absolute Gasteiger partial charge is 0.325 e. The lowest BCUT2D eigenvalue weighted by atomic mass is 10.00. The Bertz CT molecular complexity index is 425. The lowest BCUT2D eigenvalue weighted by molar-refractivity contribution is -0.120. The fourth-order valence-electron chi connectivity index (χ4n) is 2.73. The van der Waals surface area contributed by atoms with Gasteiger partial charge in [-0.3, -0.25) is 4.79 Å². The second-order valence-corrected chi connectivity index (χ2v) is 5.74. The Labute approximate surface area is 121 Å². The topological polar surface area (TPSA) is 44.4 Å². The summed E-state index contributed by atoms with van der Waals surface area (Å²) >= 11 is 0. The van der Waals surface area contributed by atoms with E-state index in [1.165, 1.54) is 19.3 Å². The number of carbonyl (C=O) groups is 1. The predicted molar refractivity (Wildman–Crippen MR) is 82.3 cm³/mol. The fourth-order valence-corrected chi connectivity index (χ4v) is 2.73. The highest BCUT2D eigenvalue weighted by Crippen LogP contribution is 2.20. The first-order valence-corrected chi connectivity index (χ1v) is 7.48. The van der Waals surface area contributed by atoms with E-state index in [2.05, 4.69) is 29.6 Å². The van der Waals surface area contributed by atoms with Crippen molar-refractivity contribution in [1.82, 2.24) is 10.4 Å². The maximum absolute atomic E-state index is 12.2. The summed E-state index contributed by atoms with van der Waals surface area (Å²) in [6.07, 6.45) is 3.64. The molecule has 1 aliphatic rings. The Morgan fingerprint density at radius 2 is 1.80 bits per heavy atom. The molecule has 1 saturated heterocycles. The van der Waals surface area contributed by atoms with E-state index in [0.717, 1.165) is 5.69 Å². The molecule has 0 aliphatic carbocycles. The average Bonchev–Trinajstić information content (AvgIpc) is 2.44. The van der Waals surface area contributed by atoms with Crippen molar-refractivity contribution in [1.29, 1.82) is 0 Å². The van der Waals surface area contributed by atoms with Gasteiger partial charge in [0.2, 0.25) is 5.91 Å². The van der Waals surface area contributed by atoms with Gasteiger partial charge < -0.3 is 5.32 Å². The fraction of sp³-hybridized carbons (Fsp3) is 0.562. The zero-order valence-corrected chi connectivity index (χ0v) is 12.6. The lowest BCUT2D eigenvalue weighted by Crippen LogP contribution is -2.57. The van der Waals surface area contributed by atoms with Crippen molar-refractivity contribution in [2.24, 2.45) is 0 Å². The van der Waals surface area contributed by atoms with Gasteiger partial charge in [-0.25, -0.2) is 10.4 Å². The zero-order chi connectivity index (χ0) is 14.5. The van der Waals surface area contributed by atoms with Crippen LogP contribution in [-0.2, 0) is 4.79 Å². The maximum atomic E-state index is 12.2. The molecule has 0 radical (unpaired) electrons. The number of rotatable bonds is 4. The van der Waals surface area contributed by atoms with E-state index < -0.39 is 0 Å². The molecule has 110 valence electrons. The third kappa shape index (κ3) is 3.81. The molecule has 20 heavy (non-hydrogen) atoms. The molecule has 3 unspecified atom stereocenters. The number of nitrogens with one attached hydrogen (secondary N) is 2. The van der Waals surface area contributed by atoms with Crippen LogP contribution in [0.3, 0.4) is 0 Å². The number of nitrogens with zero attached hydrogens (tertiary/aromatic N) is 1. The normalized spacial score (nSPS) is 25.1. The van der Waals surface area contributed by atoms with Crippen LogP contribution < -0.4 is 10.7 Å². The van der Waals surface area contributed by atoms with E-state index in [-0.39, 0.29) is 11.9 Å². The molecule has 3 atom stereocenters. The molecule has 0 bridgehead atoms. The van der Waals surface area contributed by atoms with Crippen LogP contribution in [-0.4, -0.2) is 29.0 Å². The number of anilines is 1. The minimum atomic E-state index is -0.238. The number of hydrogen-bond acceptors (Lipinski definition) is 3. The average molecular weight is 275 g/mol. The number of carbonyl (C=O) groups excluding carboxylic acids is 1. The third-order valence-electron chi connectivity index (χ3n) is 3.97. The van der Waals surface area contributed by atoms with Gasteiger partial charge in [-0.1, -0.05) is 24.6 Å². The van der Waals surface area contributed by atoms with Crippen LogP contribution in [0.5, 0.6) is 0 Å². The molecule has 0 spiro atoms. The number of para-hydroxylation sites is 1. The number of hydrazine groups is 1. The van der Waals surface area contributed by atoms with Gasteiger partial charge in [0, 0.05) is 17.8 Å². The summed E-state index contributed by atoms with van der Waals surface area (Å²) in [5.74, 6) is 0.00109. The van der Waals surface area contributed by atoms with Crippen molar-refractivity contribution >= 4 is 11.6 Å². The van der Waals surface area contributed by atoms with Crippen LogP contribution in [0.15, 0.2) is 30.3 Å². The second kappa shape index (κ2) is 6.86. The Balaban J connectivity index is 1.90. The summed E-state index contributed by atoms with van der Waals surface area (Å²) in [4.78, 5) is 12.2. The Hall–Kier alpha value is -1.39. The highest BCUT2D eigenvalue weighted by Gasteiger charge is 2.27. The van der Waals surface area contributed by atoms with Crippen LogP contribution in [0.1, 0.15) is 40.0 Å². The molecule has 1 heterocycles. The third-order valence-corrected chi connectivity index (χ3v) is 3.97. The smallest absolute Gasteiger partial charge is 0.242 e. The van der Waals surface area contributed by atoms with Gasteiger partial charge in [0.25, 0.3) is 0 Å². The van der Waals surface area contributed by atoms with Gasteiger partial charge in [0.05, 0.1) is 6.04 Å². The van der Waals surface area contributed by atoms with E-state index in [1.54, 1.807) is 0 Å². The van der Waals surface area contributed by atoms with Crippen LogP contribution in [0.4, 0.5) is 5.69 Å². The minimum absolute atomic E-state index is 0.00109. The highest BCUT2D eigenvalue weighted by atomic mass is 16.2. The maximum Gasteiger partial charge on any atom is 0.242 e. The number of benzene rings is 1. The molecular formula is C16H25N3O. The van der Waals surface area contributed by atoms with Gasteiger partial charge in [-0.2, -0.15) is 0 Å².